The molecular weight excluding hydrogens is 280 g/mol. The maximum absolute atomic E-state index is 12.2. The number of amides is 1. The number of carbonyl (C=O) groups is 1. The van der Waals surface area contributed by atoms with Gasteiger partial charge in [-0.15, -0.1) is 6.42 Å². The van der Waals surface area contributed by atoms with Gasteiger partial charge >= 0.3 is 0 Å². The number of halogens is 1. The highest BCUT2D eigenvalue weighted by atomic mass is 79.9. The summed E-state index contributed by atoms with van der Waals surface area (Å²) in [6, 6.07) is 5.17. The molecule has 17 heavy (non-hydrogen) atoms. The zero-order chi connectivity index (χ0) is 12.8. The first-order chi connectivity index (χ1) is 8.10. The number of hydrogen-bond acceptors (Lipinski definition) is 2. The van der Waals surface area contributed by atoms with Crippen molar-refractivity contribution in [1.82, 2.24) is 4.90 Å². The maximum atomic E-state index is 12.2. The predicted octanol–water partition coefficient (Wildman–Crippen LogP) is 2.52. The van der Waals surface area contributed by atoms with Crippen molar-refractivity contribution < 1.29 is 4.79 Å². The number of benzene rings is 1. The summed E-state index contributed by atoms with van der Waals surface area (Å²) in [6.45, 7) is 2.96. The van der Waals surface area contributed by atoms with Crippen LogP contribution in [0.15, 0.2) is 22.7 Å². The second kappa shape index (κ2) is 6.31. The molecule has 0 radical (unpaired) electrons. The Hall–Kier alpha value is -1.47. The van der Waals surface area contributed by atoms with E-state index in [4.69, 9.17) is 12.2 Å². The van der Waals surface area contributed by atoms with Crippen molar-refractivity contribution in [3.05, 3.63) is 28.2 Å². The standard InChI is InChI=1S/C13H15BrN2O/c1-3-7-16(8-4-2)13(17)11-9-10(15)5-6-12(11)14/h1,5-6,9H,4,7-8,15H2,2H3. The number of carbonyl (C=O) groups excluding carboxylic acids is 1. The molecule has 0 atom stereocenters. The van der Waals surface area contributed by atoms with Crippen LogP contribution in [0.25, 0.3) is 0 Å². The van der Waals surface area contributed by atoms with E-state index in [1.165, 1.54) is 0 Å². The minimum absolute atomic E-state index is 0.0935. The van der Waals surface area contributed by atoms with Gasteiger partial charge in [0.15, 0.2) is 0 Å². The molecule has 0 aromatic heterocycles. The van der Waals surface area contributed by atoms with Crippen LogP contribution in [0.3, 0.4) is 0 Å². The molecule has 3 nitrogen and oxygen atoms in total. The number of rotatable bonds is 4. The maximum Gasteiger partial charge on any atom is 0.255 e. The largest absolute Gasteiger partial charge is 0.399 e. The molecule has 0 bridgehead atoms. The number of nitrogens with two attached hydrogens (primary N) is 1. The van der Waals surface area contributed by atoms with E-state index >= 15 is 0 Å². The molecule has 0 fully saturated rings. The smallest absolute Gasteiger partial charge is 0.255 e. The molecule has 1 rings (SSSR count). The van der Waals surface area contributed by atoms with Crippen LogP contribution in [0, 0.1) is 12.3 Å². The number of terminal acetylenes is 1. The van der Waals surface area contributed by atoms with Crippen molar-refractivity contribution in [2.24, 2.45) is 0 Å². The second-order valence-corrected chi connectivity index (χ2v) is 4.52. The van der Waals surface area contributed by atoms with Gasteiger partial charge in [0.25, 0.3) is 5.91 Å². The predicted molar refractivity (Wildman–Crippen MR) is 73.6 cm³/mol. The lowest BCUT2D eigenvalue weighted by atomic mass is 10.1. The van der Waals surface area contributed by atoms with Crippen LogP contribution in [0.5, 0.6) is 0 Å². The van der Waals surface area contributed by atoms with E-state index in [9.17, 15) is 4.79 Å². The Balaban J connectivity index is 3.00. The fraction of sp³-hybridized carbons (Fsp3) is 0.308. The molecule has 0 aliphatic rings. The van der Waals surface area contributed by atoms with Crippen molar-refractivity contribution in [2.75, 3.05) is 18.8 Å². The third-order valence-electron chi connectivity index (χ3n) is 2.28. The van der Waals surface area contributed by atoms with Gasteiger partial charge in [0.05, 0.1) is 12.1 Å². The van der Waals surface area contributed by atoms with E-state index in [2.05, 4.69) is 21.9 Å². The highest BCUT2D eigenvalue weighted by molar-refractivity contribution is 9.10. The molecule has 0 saturated carbocycles. The van der Waals surface area contributed by atoms with Crippen LogP contribution in [0.4, 0.5) is 5.69 Å². The topological polar surface area (TPSA) is 46.3 Å². The van der Waals surface area contributed by atoms with Crippen LogP contribution in [0.2, 0.25) is 0 Å². The summed E-state index contributed by atoms with van der Waals surface area (Å²) >= 11 is 3.35. The van der Waals surface area contributed by atoms with Crippen molar-refractivity contribution in [1.29, 1.82) is 0 Å². The Morgan fingerprint density at radius 2 is 2.29 bits per heavy atom. The van der Waals surface area contributed by atoms with E-state index in [0.29, 0.717) is 24.3 Å². The minimum atomic E-state index is -0.0935. The van der Waals surface area contributed by atoms with Gasteiger partial charge < -0.3 is 10.6 Å². The summed E-state index contributed by atoms with van der Waals surface area (Å²) in [5, 5.41) is 0. The summed E-state index contributed by atoms with van der Waals surface area (Å²) in [6.07, 6.45) is 6.13. The van der Waals surface area contributed by atoms with E-state index in [1.807, 2.05) is 6.92 Å². The SMILES string of the molecule is C#CCN(CCC)C(=O)c1cc(N)ccc1Br. The summed E-state index contributed by atoms with van der Waals surface area (Å²) in [4.78, 5) is 13.9. The first kappa shape index (κ1) is 13.6. The van der Waals surface area contributed by atoms with Gasteiger partial charge in [0.1, 0.15) is 0 Å². The molecule has 4 heteroatoms. The summed E-state index contributed by atoms with van der Waals surface area (Å²) in [7, 11) is 0. The zero-order valence-electron chi connectivity index (χ0n) is 9.74. The molecule has 0 saturated heterocycles. The van der Waals surface area contributed by atoms with Gasteiger partial charge in [-0.05, 0) is 40.5 Å². The third kappa shape index (κ3) is 3.50. The molecule has 1 aromatic carbocycles. The Morgan fingerprint density at radius 1 is 1.59 bits per heavy atom. The van der Waals surface area contributed by atoms with Gasteiger partial charge in [-0.25, -0.2) is 0 Å². The quantitative estimate of drug-likeness (QED) is 0.685. The van der Waals surface area contributed by atoms with Crippen LogP contribution in [-0.4, -0.2) is 23.9 Å². The average Bonchev–Trinajstić information content (AvgIpc) is 2.31. The van der Waals surface area contributed by atoms with Gasteiger partial charge in [-0.2, -0.15) is 0 Å². The minimum Gasteiger partial charge on any atom is -0.399 e. The normalized spacial score (nSPS) is 9.71. The number of anilines is 1. The molecule has 0 unspecified atom stereocenters. The number of nitrogens with zero attached hydrogens (tertiary/aromatic N) is 1. The fourth-order valence-corrected chi connectivity index (χ4v) is 1.93. The molecule has 0 spiro atoms. The monoisotopic (exact) mass is 294 g/mol. The van der Waals surface area contributed by atoms with Crippen molar-refractivity contribution in [2.45, 2.75) is 13.3 Å². The van der Waals surface area contributed by atoms with Gasteiger partial charge in [-0.3, -0.25) is 4.79 Å². The van der Waals surface area contributed by atoms with Crippen molar-refractivity contribution in [3.63, 3.8) is 0 Å². The third-order valence-corrected chi connectivity index (χ3v) is 2.98. The van der Waals surface area contributed by atoms with Crippen molar-refractivity contribution in [3.8, 4) is 12.3 Å². The Kier molecular flexibility index (Phi) is 5.05. The first-order valence-corrected chi connectivity index (χ1v) is 6.17. The number of hydrogen-bond donors (Lipinski definition) is 1. The molecule has 1 aromatic rings. The lowest BCUT2D eigenvalue weighted by molar-refractivity contribution is 0.0776. The Morgan fingerprint density at radius 3 is 2.88 bits per heavy atom. The fourth-order valence-electron chi connectivity index (χ4n) is 1.51. The van der Waals surface area contributed by atoms with E-state index in [0.717, 1.165) is 10.9 Å². The van der Waals surface area contributed by atoms with Gasteiger partial charge in [-0.1, -0.05) is 12.8 Å². The van der Waals surface area contributed by atoms with Crippen molar-refractivity contribution >= 4 is 27.5 Å². The van der Waals surface area contributed by atoms with E-state index < -0.39 is 0 Å². The molecule has 0 aliphatic carbocycles. The van der Waals surface area contributed by atoms with Crippen LogP contribution in [0.1, 0.15) is 23.7 Å². The summed E-state index contributed by atoms with van der Waals surface area (Å²) < 4.78 is 0.731. The summed E-state index contributed by atoms with van der Waals surface area (Å²) in [5.41, 5.74) is 6.79. The van der Waals surface area contributed by atoms with E-state index in [1.54, 1.807) is 23.1 Å². The molecule has 0 aliphatic heterocycles. The number of nitrogen functional groups attached to an aromatic ring is 1. The average molecular weight is 295 g/mol. The Bertz CT molecular complexity index is 451. The lowest BCUT2D eigenvalue weighted by Gasteiger charge is -2.20. The lowest BCUT2D eigenvalue weighted by Crippen LogP contribution is -2.32. The van der Waals surface area contributed by atoms with Crippen LogP contribution < -0.4 is 5.73 Å². The summed E-state index contributed by atoms with van der Waals surface area (Å²) in [5.74, 6) is 2.40. The van der Waals surface area contributed by atoms with E-state index in [-0.39, 0.29) is 5.91 Å². The second-order valence-electron chi connectivity index (χ2n) is 3.67. The van der Waals surface area contributed by atoms with Gasteiger partial charge in [0.2, 0.25) is 0 Å². The van der Waals surface area contributed by atoms with Gasteiger partial charge in [0, 0.05) is 16.7 Å². The highest BCUT2D eigenvalue weighted by Gasteiger charge is 2.16. The molecule has 2 N–H and O–H groups in total. The zero-order valence-corrected chi connectivity index (χ0v) is 11.3. The highest BCUT2D eigenvalue weighted by Crippen LogP contribution is 2.21. The molecule has 0 heterocycles. The molecule has 1 amide bonds. The Labute approximate surface area is 110 Å². The molecule has 90 valence electrons. The van der Waals surface area contributed by atoms with Crippen LogP contribution >= 0.6 is 15.9 Å². The van der Waals surface area contributed by atoms with Crippen LogP contribution in [-0.2, 0) is 0 Å². The molecular formula is C13H15BrN2O. The first-order valence-electron chi connectivity index (χ1n) is 5.38.